The number of nitrogens with zero attached hydrogens (tertiary/aromatic N) is 4. The van der Waals surface area contributed by atoms with Crippen molar-refractivity contribution < 1.29 is 0 Å². The van der Waals surface area contributed by atoms with Crippen molar-refractivity contribution in [1.29, 1.82) is 0 Å². The van der Waals surface area contributed by atoms with Crippen LogP contribution >= 0.6 is 11.6 Å². The van der Waals surface area contributed by atoms with Crippen LogP contribution in [-0.2, 0) is 0 Å². The van der Waals surface area contributed by atoms with Crippen LogP contribution in [0.3, 0.4) is 0 Å². The summed E-state index contributed by atoms with van der Waals surface area (Å²) < 4.78 is 1.93. The quantitative estimate of drug-likeness (QED) is 0.670. The molecule has 0 saturated heterocycles. The largest absolute Gasteiger partial charge is 0.283 e. The predicted molar refractivity (Wildman–Crippen MR) is 75.8 cm³/mol. The average molecular weight is 273 g/mol. The SMILES string of the molecule is CC(C)c1nc(Cl)cc(-n2cnc3ccccc32)n1. The van der Waals surface area contributed by atoms with Gasteiger partial charge in [0.1, 0.15) is 23.1 Å². The van der Waals surface area contributed by atoms with E-state index in [1.54, 1.807) is 12.4 Å². The number of halogens is 1. The van der Waals surface area contributed by atoms with Crippen molar-refractivity contribution in [2.45, 2.75) is 19.8 Å². The Balaban J connectivity index is 2.21. The molecule has 4 nitrogen and oxygen atoms in total. The summed E-state index contributed by atoms with van der Waals surface area (Å²) in [5.74, 6) is 1.71. The number of rotatable bonds is 2. The molecule has 0 saturated carbocycles. The van der Waals surface area contributed by atoms with Crippen LogP contribution in [0.2, 0.25) is 5.15 Å². The van der Waals surface area contributed by atoms with E-state index in [-0.39, 0.29) is 5.92 Å². The lowest BCUT2D eigenvalue weighted by Gasteiger charge is -2.08. The number of hydrogen-bond acceptors (Lipinski definition) is 3. The zero-order valence-corrected chi connectivity index (χ0v) is 11.5. The van der Waals surface area contributed by atoms with Gasteiger partial charge >= 0.3 is 0 Å². The Morgan fingerprint density at radius 3 is 2.74 bits per heavy atom. The molecule has 5 heteroatoms. The first-order valence-electron chi connectivity index (χ1n) is 6.12. The van der Waals surface area contributed by atoms with Gasteiger partial charge in [0.2, 0.25) is 0 Å². The monoisotopic (exact) mass is 272 g/mol. The van der Waals surface area contributed by atoms with Gasteiger partial charge in [0.25, 0.3) is 0 Å². The first-order valence-corrected chi connectivity index (χ1v) is 6.50. The Bertz CT molecular complexity index is 733. The fraction of sp³-hybridized carbons (Fsp3) is 0.214. The summed E-state index contributed by atoms with van der Waals surface area (Å²) in [7, 11) is 0. The summed E-state index contributed by atoms with van der Waals surface area (Å²) in [4.78, 5) is 13.2. The molecule has 3 rings (SSSR count). The van der Waals surface area contributed by atoms with Crippen molar-refractivity contribution >= 4 is 22.6 Å². The Hall–Kier alpha value is -1.94. The van der Waals surface area contributed by atoms with Crippen molar-refractivity contribution in [1.82, 2.24) is 19.5 Å². The van der Waals surface area contributed by atoms with Gasteiger partial charge in [0, 0.05) is 12.0 Å². The molecule has 0 bridgehead atoms. The van der Waals surface area contributed by atoms with E-state index in [2.05, 4.69) is 15.0 Å². The van der Waals surface area contributed by atoms with E-state index in [0.29, 0.717) is 5.15 Å². The van der Waals surface area contributed by atoms with Gasteiger partial charge in [-0.2, -0.15) is 0 Å². The Morgan fingerprint density at radius 2 is 1.95 bits per heavy atom. The Morgan fingerprint density at radius 1 is 1.16 bits per heavy atom. The molecule has 1 aromatic carbocycles. The van der Waals surface area contributed by atoms with E-state index >= 15 is 0 Å². The molecule has 0 atom stereocenters. The van der Waals surface area contributed by atoms with Crippen molar-refractivity contribution in [3.05, 3.63) is 47.6 Å². The van der Waals surface area contributed by atoms with Gasteiger partial charge in [-0.05, 0) is 12.1 Å². The lowest BCUT2D eigenvalue weighted by atomic mass is 10.2. The molecule has 0 N–H and O–H groups in total. The van der Waals surface area contributed by atoms with Gasteiger partial charge in [-0.1, -0.05) is 37.6 Å². The Kier molecular flexibility index (Phi) is 2.95. The standard InChI is InChI=1S/C14H13ClN4/c1-9(2)14-17-12(15)7-13(18-14)19-8-16-10-5-3-4-6-11(10)19/h3-9H,1-2H3. The highest BCUT2D eigenvalue weighted by molar-refractivity contribution is 6.29. The summed E-state index contributed by atoms with van der Waals surface area (Å²) >= 11 is 6.08. The molecular weight excluding hydrogens is 260 g/mol. The molecule has 0 amide bonds. The van der Waals surface area contributed by atoms with Crippen LogP contribution in [0.1, 0.15) is 25.6 Å². The highest BCUT2D eigenvalue weighted by atomic mass is 35.5. The summed E-state index contributed by atoms with van der Waals surface area (Å²) in [6, 6.07) is 9.67. The van der Waals surface area contributed by atoms with Gasteiger partial charge in [0.05, 0.1) is 11.0 Å². The van der Waals surface area contributed by atoms with Gasteiger partial charge in [-0.3, -0.25) is 4.57 Å². The lowest BCUT2D eigenvalue weighted by Crippen LogP contribution is -2.03. The lowest BCUT2D eigenvalue weighted by molar-refractivity contribution is 0.764. The van der Waals surface area contributed by atoms with Crippen molar-refractivity contribution in [2.75, 3.05) is 0 Å². The number of para-hydroxylation sites is 2. The third-order valence-electron chi connectivity index (χ3n) is 2.92. The maximum absolute atomic E-state index is 6.08. The molecule has 2 aromatic heterocycles. The molecule has 19 heavy (non-hydrogen) atoms. The maximum Gasteiger partial charge on any atom is 0.143 e. The van der Waals surface area contributed by atoms with Crippen LogP contribution < -0.4 is 0 Å². The molecule has 2 heterocycles. The molecular formula is C14H13ClN4. The van der Waals surface area contributed by atoms with Gasteiger partial charge in [0.15, 0.2) is 0 Å². The van der Waals surface area contributed by atoms with Crippen LogP contribution in [0.5, 0.6) is 0 Å². The number of aromatic nitrogens is 4. The summed E-state index contributed by atoms with van der Waals surface area (Å²) in [6.45, 7) is 4.09. The second kappa shape index (κ2) is 4.63. The smallest absolute Gasteiger partial charge is 0.143 e. The predicted octanol–water partition coefficient (Wildman–Crippen LogP) is 3.59. The van der Waals surface area contributed by atoms with E-state index in [0.717, 1.165) is 22.7 Å². The van der Waals surface area contributed by atoms with Crippen LogP contribution in [0.15, 0.2) is 36.7 Å². The highest BCUT2D eigenvalue weighted by Crippen LogP contribution is 2.20. The molecule has 0 aliphatic carbocycles. The zero-order chi connectivity index (χ0) is 13.4. The van der Waals surface area contributed by atoms with Crippen LogP contribution in [0.25, 0.3) is 16.9 Å². The minimum absolute atomic E-state index is 0.229. The first-order chi connectivity index (χ1) is 9.15. The van der Waals surface area contributed by atoms with Crippen LogP contribution in [0, 0.1) is 0 Å². The van der Waals surface area contributed by atoms with E-state index in [1.807, 2.05) is 42.7 Å². The number of imidazole rings is 1. The molecule has 0 aliphatic heterocycles. The number of hydrogen-bond donors (Lipinski definition) is 0. The van der Waals surface area contributed by atoms with E-state index < -0.39 is 0 Å². The van der Waals surface area contributed by atoms with Gasteiger partial charge in [-0.15, -0.1) is 0 Å². The molecule has 3 aromatic rings. The minimum Gasteiger partial charge on any atom is -0.283 e. The second-order valence-electron chi connectivity index (χ2n) is 4.67. The van der Waals surface area contributed by atoms with Gasteiger partial charge in [-0.25, -0.2) is 15.0 Å². The van der Waals surface area contributed by atoms with Crippen molar-refractivity contribution in [3.63, 3.8) is 0 Å². The maximum atomic E-state index is 6.08. The molecule has 0 aliphatic rings. The Labute approximate surface area is 116 Å². The molecule has 0 radical (unpaired) electrons. The summed E-state index contributed by atoms with van der Waals surface area (Å²) in [5, 5.41) is 0.450. The molecule has 0 spiro atoms. The normalized spacial score (nSPS) is 11.4. The zero-order valence-electron chi connectivity index (χ0n) is 10.7. The number of fused-ring (bicyclic) bond motifs is 1. The van der Waals surface area contributed by atoms with Crippen LogP contribution in [0.4, 0.5) is 0 Å². The highest BCUT2D eigenvalue weighted by Gasteiger charge is 2.10. The first kappa shape index (κ1) is 12.1. The van der Waals surface area contributed by atoms with E-state index in [1.165, 1.54) is 0 Å². The summed E-state index contributed by atoms with van der Waals surface area (Å²) in [6.07, 6.45) is 1.76. The number of benzene rings is 1. The fourth-order valence-corrected chi connectivity index (χ4v) is 2.13. The van der Waals surface area contributed by atoms with E-state index in [9.17, 15) is 0 Å². The van der Waals surface area contributed by atoms with Crippen LogP contribution in [-0.4, -0.2) is 19.5 Å². The summed E-state index contributed by atoms with van der Waals surface area (Å²) in [5.41, 5.74) is 1.94. The van der Waals surface area contributed by atoms with E-state index in [4.69, 9.17) is 11.6 Å². The second-order valence-corrected chi connectivity index (χ2v) is 5.05. The topological polar surface area (TPSA) is 43.6 Å². The average Bonchev–Trinajstić information content (AvgIpc) is 2.81. The van der Waals surface area contributed by atoms with Gasteiger partial charge < -0.3 is 0 Å². The third kappa shape index (κ3) is 2.19. The minimum atomic E-state index is 0.229. The molecule has 0 fully saturated rings. The third-order valence-corrected chi connectivity index (χ3v) is 3.11. The molecule has 0 unspecified atom stereocenters. The molecule has 96 valence electrons. The van der Waals surface area contributed by atoms with Crippen molar-refractivity contribution in [2.24, 2.45) is 0 Å². The fourth-order valence-electron chi connectivity index (χ4n) is 1.95. The van der Waals surface area contributed by atoms with Crippen molar-refractivity contribution in [3.8, 4) is 5.82 Å².